The van der Waals surface area contributed by atoms with Crippen molar-refractivity contribution in [3.63, 3.8) is 0 Å². The number of aromatic nitrogens is 1. The maximum absolute atomic E-state index is 12.6. The van der Waals surface area contributed by atoms with E-state index in [1.807, 2.05) is 24.3 Å². The molecule has 1 fully saturated rings. The molecule has 1 aromatic carbocycles. The molecular weight excluding hydrogens is 346 g/mol. The van der Waals surface area contributed by atoms with E-state index in [0.717, 1.165) is 15.5 Å². The quantitative estimate of drug-likeness (QED) is 0.853. The molecule has 1 aliphatic rings. The number of rotatable bonds is 5. The Labute approximate surface area is 150 Å². The second-order valence-electron chi connectivity index (χ2n) is 5.95. The van der Waals surface area contributed by atoms with Crippen molar-refractivity contribution in [2.24, 2.45) is 11.1 Å². The first-order valence-corrected chi connectivity index (χ1v) is 9.10. The van der Waals surface area contributed by atoms with Gasteiger partial charge in [-0.05, 0) is 24.5 Å². The van der Waals surface area contributed by atoms with Crippen molar-refractivity contribution in [2.45, 2.75) is 19.3 Å². The highest BCUT2D eigenvalue weighted by molar-refractivity contribution is 7.15. The van der Waals surface area contributed by atoms with E-state index >= 15 is 0 Å². The number of ether oxygens (including phenoxy) is 1. The maximum atomic E-state index is 12.6. The Morgan fingerprint density at radius 2 is 2.12 bits per heavy atom. The molecule has 1 aromatic heterocycles. The van der Waals surface area contributed by atoms with E-state index in [1.165, 1.54) is 11.3 Å². The number of halogens is 1. The Hall–Kier alpha value is -1.47. The minimum Gasteiger partial charge on any atom is -0.381 e. The maximum Gasteiger partial charge on any atom is 0.233 e. The molecule has 24 heavy (non-hydrogen) atoms. The first-order chi connectivity index (χ1) is 11.6. The smallest absolute Gasteiger partial charge is 0.233 e. The van der Waals surface area contributed by atoms with Gasteiger partial charge in [0.05, 0.1) is 5.41 Å². The van der Waals surface area contributed by atoms with Gasteiger partial charge >= 0.3 is 0 Å². The van der Waals surface area contributed by atoms with Gasteiger partial charge in [-0.25, -0.2) is 4.98 Å². The van der Waals surface area contributed by atoms with Crippen molar-refractivity contribution in [1.82, 2.24) is 4.98 Å². The third-order valence-corrected chi connectivity index (χ3v) is 5.70. The monoisotopic (exact) mass is 365 g/mol. The summed E-state index contributed by atoms with van der Waals surface area (Å²) < 4.78 is 5.35. The SMILES string of the molecule is NCC1(C(=O)Nc2ncc(Cc3ccccc3Cl)s2)CCOCC1. The first kappa shape index (κ1) is 17.4. The molecule has 3 N–H and O–H groups in total. The van der Waals surface area contributed by atoms with E-state index < -0.39 is 5.41 Å². The van der Waals surface area contributed by atoms with Gasteiger partial charge in [0, 0.05) is 42.3 Å². The van der Waals surface area contributed by atoms with Crippen LogP contribution >= 0.6 is 22.9 Å². The van der Waals surface area contributed by atoms with Crippen molar-refractivity contribution in [1.29, 1.82) is 0 Å². The molecule has 128 valence electrons. The number of nitrogens with one attached hydrogen (secondary N) is 1. The summed E-state index contributed by atoms with van der Waals surface area (Å²) in [5, 5.41) is 4.26. The van der Waals surface area contributed by atoms with Crippen molar-refractivity contribution in [3.05, 3.63) is 45.9 Å². The summed E-state index contributed by atoms with van der Waals surface area (Å²) in [4.78, 5) is 18.0. The Kier molecular flexibility index (Phi) is 5.50. The average Bonchev–Trinajstić information content (AvgIpc) is 3.04. The van der Waals surface area contributed by atoms with Gasteiger partial charge in [0.25, 0.3) is 0 Å². The number of amides is 1. The van der Waals surface area contributed by atoms with Gasteiger partial charge in [-0.2, -0.15) is 0 Å². The zero-order chi connectivity index (χ0) is 17.0. The molecule has 0 bridgehead atoms. The zero-order valence-corrected chi connectivity index (χ0v) is 14.8. The van der Waals surface area contributed by atoms with E-state index in [-0.39, 0.29) is 5.91 Å². The van der Waals surface area contributed by atoms with Crippen molar-refractivity contribution in [2.75, 3.05) is 25.1 Å². The molecule has 2 aromatic rings. The molecule has 1 saturated heterocycles. The largest absolute Gasteiger partial charge is 0.381 e. The lowest BCUT2D eigenvalue weighted by Gasteiger charge is -2.34. The lowest BCUT2D eigenvalue weighted by Crippen LogP contribution is -2.46. The molecule has 0 radical (unpaired) electrons. The van der Waals surface area contributed by atoms with E-state index in [0.29, 0.717) is 44.2 Å². The van der Waals surface area contributed by atoms with Crippen molar-refractivity contribution < 1.29 is 9.53 Å². The van der Waals surface area contributed by atoms with Gasteiger partial charge in [0.2, 0.25) is 5.91 Å². The van der Waals surface area contributed by atoms with Crippen LogP contribution < -0.4 is 11.1 Å². The van der Waals surface area contributed by atoms with Gasteiger partial charge in [-0.3, -0.25) is 4.79 Å². The predicted molar refractivity (Wildman–Crippen MR) is 96.5 cm³/mol. The summed E-state index contributed by atoms with van der Waals surface area (Å²) in [7, 11) is 0. The fraction of sp³-hybridized carbons (Fsp3) is 0.412. The Bertz CT molecular complexity index is 713. The highest BCUT2D eigenvalue weighted by Crippen LogP contribution is 2.32. The number of thiazole rings is 1. The number of benzene rings is 1. The van der Waals surface area contributed by atoms with Crippen LogP contribution in [0.25, 0.3) is 0 Å². The first-order valence-electron chi connectivity index (χ1n) is 7.90. The third kappa shape index (κ3) is 3.78. The van der Waals surface area contributed by atoms with E-state index in [1.54, 1.807) is 6.20 Å². The number of nitrogens with two attached hydrogens (primary N) is 1. The predicted octanol–water partition coefficient (Wildman–Crippen LogP) is 3.08. The second-order valence-corrected chi connectivity index (χ2v) is 7.47. The van der Waals surface area contributed by atoms with E-state index in [2.05, 4.69) is 10.3 Å². The number of carbonyl (C=O) groups is 1. The normalized spacial score (nSPS) is 16.8. The molecule has 1 amide bonds. The van der Waals surface area contributed by atoms with Crippen LogP contribution in [0.4, 0.5) is 5.13 Å². The molecule has 0 saturated carbocycles. The molecule has 0 atom stereocenters. The van der Waals surface area contributed by atoms with Gasteiger partial charge in [0.1, 0.15) is 0 Å². The molecule has 1 aliphatic heterocycles. The fourth-order valence-corrected chi connectivity index (χ4v) is 3.83. The van der Waals surface area contributed by atoms with Crippen LogP contribution in [-0.4, -0.2) is 30.6 Å². The lowest BCUT2D eigenvalue weighted by atomic mass is 9.79. The number of carbonyl (C=O) groups excluding carboxylic acids is 1. The van der Waals surface area contributed by atoms with E-state index in [4.69, 9.17) is 22.1 Å². The minimum absolute atomic E-state index is 0.0630. The minimum atomic E-state index is -0.549. The van der Waals surface area contributed by atoms with Crippen LogP contribution in [0.15, 0.2) is 30.5 Å². The molecular formula is C17H20ClN3O2S. The van der Waals surface area contributed by atoms with Gasteiger partial charge in [0.15, 0.2) is 5.13 Å². The molecule has 7 heteroatoms. The highest BCUT2D eigenvalue weighted by Gasteiger charge is 2.39. The molecule has 3 rings (SSSR count). The summed E-state index contributed by atoms with van der Waals surface area (Å²) in [5.41, 5.74) is 6.36. The van der Waals surface area contributed by atoms with Crippen LogP contribution in [0.2, 0.25) is 5.02 Å². The van der Waals surface area contributed by atoms with Crippen LogP contribution in [-0.2, 0) is 16.0 Å². The number of nitrogens with zero attached hydrogens (tertiary/aromatic N) is 1. The summed E-state index contributed by atoms with van der Waals surface area (Å²) in [5.74, 6) is -0.0630. The molecule has 0 aliphatic carbocycles. The standard InChI is InChI=1S/C17H20ClN3O2S/c18-14-4-2-1-3-12(14)9-13-10-20-16(24-13)21-15(22)17(11-19)5-7-23-8-6-17/h1-4,10H,5-9,11,19H2,(H,20,21,22). The van der Waals surface area contributed by atoms with Crippen LogP contribution in [0.3, 0.4) is 0 Å². The van der Waals surface area contributed by atoms with E-state index in [9.17, 15) is 4.79 Å². The number of hydrogen-bond acceptors (Lipinski definition) is 5. The summed E-state index contributed by atoms with van der Waals surface area (Å²) >= 11 is 7.66. The Morgan fingerprint density at radius 3 is 2.83 bits per heavy atom. The molecule has 5 nitrogen and oxygen atoms in total. The average molecular weight is 366 g/mol. The topological polar surface area (TPSA) is 77.2 Å². The molecule has 0 spiro atoms. The van der Waals surface area contributed by atoms with Gasteiger partial charge in [-0.1, -0.05) is 29.8 Å². The number of hydrogen-bond donors (Lipinski definition) is 2. The van der Waals surface area contributed by atoms with Crippen molar-refractivity contribution in [3.8, 4) is 0 Å². The Morgan fingerprint density at radius 1 is 1.38 bits per heavy atom. The molecule has 0 unspecified atom stereocenters. The number of anilines is 1. The lowest BCUT2D eigenvalue weighted by molar-refractivity contribution is -0.130. The van der Waals surface area contributed by atoms with Gasteiger partial charge in [-0.15, -0.1) is 11.3 Å². The third-order valence-electron chi connectivity index (χ3n) is 4.42. The zero-order valence-electron chi connectivity index (χ0n) is 13.3. The fourth-order valence-electron chi connectivity index (χ4n) is 2.79. The summed E-state index contributed by atoms with van der Waals surface area (Å²) in [6, 6.07) is 7.73. The van der Waals surface area contributed by atoms with Crippen LogP contribution in [0.5, 0.6) is 0 Å². The highest BCUT2D eigenvalue weighted by atomic mass is 35.5. The Balaban J connectivity index is 1.67. The van der Waals surface area contributed by atoms with Crippen LogP contribution in [0.1, 0.15) is 23.3 Å². The van der Waals surface area contributed by atoms with Gasteiger partial charge < -0.3 is 15.8 Å². The summed E-state index contributed by atoms with van der Waals surface area (Å²) in [6.45, 7) is 1.46. The summed E-state index contributed by atoms with van der Waals surface area (Å²) in [6.07, 6.45) is 3.77. The second kappa shape index (κ2) is 7.61. The van der Waals surface area contributed by atoms with Crippen LogP contribution in [0, 0.1) is 5.41 Å². The van der Waals surface area contributed by atoms with Crippen molar-refractivity contribution >= 4 is 34.0 Å². The molecule has 2 heterocycles.